The average molecular weight is 224 g/mol. The number of hydrazine groups is 1. The molecule has 16 heavy (non-hydrogen) atoms. The van der Waals surface area contributed by atoms with Gasteiger partial charge in [-0.3, -0.25) is 0 Å². The van der Waals surface area contributed by atoms with Crippen molar-refractivity contribution in [2.45, 2.75) is 39.2 Å². The van der Waals surface area contributed by atoms with E-state index in [1.807, 2.05) is 13.0 Å². The Bertz CT molecular complexity index is 308. The van der Waals surface area contributed by atoms with E-state index in [4.69, 9.17) is 10.6 Å². The first-order valence-corrected chi connectivity index (χ1v) is 5.62. The molecule has 5 heteroatoms. The zero-order valence-electron chi connectivity index (χ0n) is 10.2. The second-order valence-corrected chi connectivity index (χ2v) is 3.61. The van der Waals surface area contributed by atoms with Crippen molar-refractivity contribution in [2.24, 2.45) is 5.84 Å². The minimum Gasteiger partial charge on any atom is -0.373 e. The molecule has 0 saturated heterocycles. The monoisotopic (exact) mass is 224 g/mol. The van der Waals surface area contributed by atoms with Gasteiger partial charge in [0.1, 0.15) is 11.9 Å². The Hall–Kier alpha value is -1.20. The molecule has 0 aliphatic rings. The van der Waals surface area contributed by atoms with Gasteiger partial charge in [-0.1, -0.05) is 20.3 Å². The number of aryl methyl sites for hydroxylation is 1. The van der Waals surface area contributed by atoms with E-state index < -0.39 is 0 Å². The SMILES string of the molecule is CCCC(OC)c1nc(CC)cc(NN)n1. The number of hydrogen-bond donors (Lipinski definition) is 2. The van der Waals surface area contributed by atoms with Gasteiger partial charge in [0, 0.05) is 18.9 Å². The highest BCUT2D eigenvalue weighted by Gasteiger charge is 2.14. The third kappa shape index (κ3) is 3.15. The Morgan fingerprint density at radius 1 is 1.44 bits per heavy atom. The Balaban J connectivity index is 3.00. The third-order valence-corrected chi connectivity index (χ3v) is 2.43. The van der Waals surface area contributed by atoms with Crippen LogP contribution in [0.25, 0.3) is 0 Å². The highest BCUT2D eigenvalue weighted by atomic mass is 16.5. The van der Waals surface area contributed by atoms with Gasteiger partial charge in [0.25, 0.3) is 0 Å². The molecule has 1 rings (SSSR count). The van der Waals surface area contributed by atoms with E-state index in [-0.39, 0.29) is 6.10 Å². The predicted molar refractivity (Wildman–Crippen MR) is 63.9 cm³/mol. The Kier molecular flexibility index (Phi) is 5.14. The number of ether oxygens (including phenoxy) is 1. The van der Waals surface area contributed by atoms with Crippen molar-refractivity contribution < 1.29 is 4.74 Å². The molecule has 0 aliphatic carbocycles. The van der Waals surface area contributed by atoms with Gasteiger partial charge in [0.15, 0.2) is 5.82 Å². The minimum absolute atomic E-state index is 0.0522. The topological polar surface area (TPSA) is 73.1 Å². The number of hydrogen-bond acceptors (Lipinski definition) is 5. The predicted octanol–water partition coefficient (Wildman–Crippen LogP) is 1.81. The van der Waals surface area contributed by atoms with Crippen LogP contribution in [0.4, 0.5) is 5.82 Å². The average Bonchev–Trinajstić information content (AvgIpc) is 2.35. The minimum atomic E-state index is -0.0522. The third-order valence-electron chi connectivity index (χ3n) is 2.43. The van der Waals surface area contributed by atoms with E-state index in [9.17, 15) is 0 Å². The molecule has 0 fully saturated rings. The van der Waals surface area contributed by atoms with Crippen LogP contribution in [0.3, 0.4) is 0 Å². The molecule has 90 valence electrons. The maximum absolute atomic E-state index is 5.38. The molecular weight excluding hydrogens is 204 g/mol. The van der Waals surface area contributed by atoms with Gasteiger partial charge in [-0.2, -0.15) is 0 Å². The van der Waals surface area contributed by atoms with Crippen LogP contribution in [0.15, 0.2) is 6.07 Å². The molecule has 0 radical (unpaired) electrons. The van der Waals surface area contributed by atoms with Crippen LogP contribution in [-0.2, 0) is 11.2 Å². The van der Waals surface area contributed by atoms with Gasteiger partial charge < -0.3 is 10.2 Å². The van der Waals surface area contributed by atoms with Crippen LogP contribution in [0.2, 0.25) is 0 Å². The number of nitrogens with two attached hydrogens (primary N) is 1. The normalized spacial score (nSPS) is 12.5. The van der Waals surface area contributed by atoms with Gasteiger partial charge in [-0.05, 0) is 12.8 Å². The summed E-state index contributed by atoms with van der Waals surface area (Å²) in [6.45, 7) is 4.16. The molecule has 1 heterocycles. The number of methoxy groups -OCH3 is 1. The van der Waals surface area contributed by atoms with Crippen molar-refractivity contribution in [2.75, 3.05) is 12.5 Å². The van der Waals surface area contributed by atoms with Crippen LogP contribution < -0.4 is 11.3 Å². The van der Waals surface area contributed by atoms with Crippen molar-refractivity contribution in [3.05, 3.63) is 17.6 Å². The second-order valence-electron chi connectivity index (χ2n) is 3.61. The van der Waals surface area contributed by atoms with E-state index in [1.165, 1.54) is 0 Å². The number of aromatic nitrogens is 2. The summed E-state index contributed by atoms with van der Waals surface area (Å²) in [5, 5.41) is 0. The summed E-state index contributed by atoms with van der Waals surface area (Å²) in [6.07, 6.45) is 2.74. The molecular formula is C11H20N4O. The second kappa shape index (κ2) is 6.40. The first kappa shape index (κ1) is 12.9. The molecule has 1 aromatic rings. The van der Waals surface area contributed by atoms with Crippen LogP contribution >= 0.6 is 0 Å². The maximum Gasteiger partial charge on any atom is 0.159 e. The highest BCUT2D eigenvalue weighted by Crippen LogP contribution is 2.20. The number of nitrogens with zero attached hydrogens (tertiary/aromatic N) is 2. The summed E-state index contributed by atoms with van der Waals surface area (Å²) in [5.74, 6) is 6.72. The Labute approximate surface area is 96.4 Å². The van der Waals surface area contributed by atoms with E-state index in [0.717, 1.165) is 25.0 Å². The molecule has 0 aliphatic heterocycles. The van der Waals surface area contributed by atoms with E-state index in [1.54, 1.807) is 7.11 Å². The molecule has 5 nitrogen and oxygen atoms in total. The molecule has 1 atom stereocenters. The zero-order chi connectivity index (χ0) is 12.0. The number of rotatable bonds is 6. The number of nitrogens with one attached hydrogen (secondary N) is 1. The van der Waals surface area contributed by atoms with E-state index >= 15 is 0 Å². The van der Waals surface area contributed by atoms with Gasteiger partial charge in [-0.15, -0.1) is 0 Å². The fourth-order valence-electron chi connectivity index (χ4n) is 1.53. The van der Waals surface area contributed by atoms with E-state index in [0.29, 0.717) is 11.6 Å². The first-order valence-electron chi connectivity index (χ1n) is 5.62. The van der Waals surface area contributed by atoms with Crippen molar-refractivity contribution in [1.82, 2.24) is 9.97 Å². The lowest BCUT2D eigenvalue weighted by Crippen LogP contribution is -2.14. The van der Waals surface area contributed by atoms with Crippen molar-refractivity contribution in [3.8, 4) is 0 Å². The standard InChI is InChI=1S/C11H20N4O/c1-4-6-9(16-3)11-13-8(5-2)7-10(14-11)15-12/h7,9H,4-6,12H2,1-3H3,(H,13,14,15). The molecule has 0 amide bonds. The van der Waals surface area contributed by atoms with Gasteiger partial charge in [0.2, 0.25) is 0 Å². The first-order chi connectivity index (χ1) is 7.74. The molecule has 0 bridgehead atoms. The summed E-state index contributed by atoms with van der Waals surface area (Å²) in [7, 11) is 1.68. The Morgan fingerprint density at radius 3 is 2.69 bits per heavy atom. The lowest BCUT2D eigenvalue weighted by atomic mass is 10.2. The quantitative estimate of drug-likeness (QED) is 0.569. The summed E-state index contributed by atoms with van der Waals surface area (Å²) < 4.78 is 5.38. The van der Waals surface area contributed by atoms with Gasteiger partial charge in [-0.25, -0.2) is 15.8 Å². The fourth-order valence-corrected chi connectivity index (χ4v) is 1.53. The van der Waals surface area contributed by atoms with Crippen LogP contribution in [-0.4, -0.2) is 17.1 Å². The summed E-state index contributed by atoms with van der Waals surface area (Å²) >= 11 is 0. The lowest BCUT2D eigenvalue weighted by molar-refractivity contribution is 0.0875. The Morgan fingerprint density at radius 2 is 2.19 bits per heavy atom. The van der Waals surface area contributed by atoms with Crippen molar-refractivity contribution in [3.63, 3.8) is 0 Å². The zero-order valence-corrected chi connectivity index (χ0v) is 10.2. The smallest absolute Gasteiger partial charge is 0.159 e. The largest absolute Gasteiger partial charge is 0.373 e. The molecule has 0 spiro atoms. The lowest BCUT2D eigenvalue weighted by Gasteiger charge is -2.14. The van der Waals surface area contributed by atoms with Crippen LogP contribution in [0, 0.1) is 0 Å². The van der Waals surface area contributed by atoms with Gasteiger partial charge >= 0.3 is 0 Å². The summed E-state index contributed by atoms with van der Waals surface area (Å²) in [5.41, 5.74) is 3.53. The van der Waals surface area contributed by atoms with Crippen LogP contribution in [0.1, 0.15) is 44.3 Å². The number of nitrogen functional groups attached to an aromatic ring is 1. The molecule has 1 unspecified atom stereocenters. The summed E-state index contributed by atoms with van der Waals surface area (Å²) in [6, 6.07) is 1.85. The number of anilines is 1. The molecule has 1 aromatic heterocycles. The summed E-state index contributed by atoms with van der Waals surface area (Å²) in [4.78, 5) is 8.78. The highest BCUT2D eigenvalue weighted by molar-refractivity contribution is 5.34. The molecule has 3 N–H and O–H groups in total. The molecule has 0 aromatic carbocycles. The van der Waals surface area contributed by atoms with Crippen LogP contribution in [0.5, 0.6) is 0 Å². The van der Waals surface area contributed by atoms with Crippen molar-refractivity contribution >= 4 is 5.82 Å². The fraction of sp³-hybridized carbons (Fsp3) is 0.636. The van der Waals surface area contributed by atoms with Gasteiger partial charge in [0.05, 0.1) is 0 Å². The van der Waals surface area contributed by atoms with Crippen molar-refractivity contribution in [1.29, 1.82) is 0 Å². The van der Waals surface area contributed by atoms with E-state index in [2.05, 4.69) is 22.3 Å². The molecule has 0 saturated carbocycles. The maximum atomic E-state index is 5.38.